The Balaban J connectivity index is 1.60. The number of nitrogens with zero attached hydrogens (tertiary/aromatic N) is 1. The van der Waals surface area contributed by atoms with Crippen molar-refractivity contribution in [1.29, 1.82) is 0 Å². The Labute approximate surface area is 196 Å². The van der Waals surface area contributed by atoms with Crippen LogP contribution in [0, 0.1) is 5.82 Å². The minimum atomic E-state index is -0.932. The van der Waals surface area contributed by atoms with Crippen molar-refractivity contribution < 1.29 is 23.4 Å². The molecule has 5 nitrogen and oxygen atoms in total. The van der Waals surface area contributed by atoms with Crippen LogP contribution in [-0.4, -0.2) is 31.3 Å². The molecule has 0 spiro atoms. The van der Waals surface area contributed by atoms with Gasteiger partial charge >= 0.3 is 5.97 Å². The quantitative estimate of drug-likeness (QED) is 0.300. The van der Waals surface area contributed by atoms with Gasteiger partial charge in [0.2, 0.25) is 0 Å². The molecular formula is C23H20Br2FNO4. The molecule has 3 aromatic rings. The third-order valence-corrected chi connectivity index (χ3v) is 6.61. The summed E-state index contributed by atoms with van der Waals surface area (Å²) in [5.41, 5.74) is 1.32. The van der Waals surface area contributed by atoms with E-state index in [-0.39, 0.29) is 12.6 Å². The van der Waals surface area contributed by atoms with Crippen LogP contribution in [0.2, 0.25) is 0 Å². The number of rotatable bonds is 5. The second-order valence-corrected chi connectivity index (χ2v) is 9.10. The number of hydrogen-bond acceptors (Lipinski definition) is 5. The zero-order valence-corrected chi connectivity index (χ0v) is 20.0. The van der Waals surface area contributed by atoms with Crippen molar-refractivity contribution in [3.05, 3.63) is 68.5 Å². The van der Waals surface area contributed by atoms with E-state index in [0.29, 0.717) is 37.4 Å². The summed E-state index contributed by atoms with van der Waals surface area (Å²) in [6.45, 7) is 1.06. The predicted octanol–water partition coefficient (Wildman–Crippen LogP) is 5.70. The summed E-state index contributed by atoms with van der Waals surface area (Å²) in [4.78, 5) is 17.1. The van der Waals surface area contributed by atoms with Crippen molar-refractivity contribution in [3.63, 3.8) is 0 Å². The summed E-state index contributed by atoms with van der Waals surface area (Å²) in [5, 5.41) is 0.986. The lowest BCUT2D eigenvalue weighted by molar-refractivity contribution is -0.151. The predicted molar refractivity (Wildman–Crippen MR) is 122 cm³/mol. The Morgan fingerprint density at radius 3 is 2.68 bits per heavy atom. The summed E-state index contributed by atoms with van der Waals surface area (Å²) in [7, 11) is 1.35. The molecule has 1 aromatic heterocycles. The molecule has 2 heterocycles. The molecule has 0 atom stereocenters. The van der Waals surface area contributed by atoms with E-state index >= 15 is 0 Å². The SMILES string of the molecule is COC(=O)C1(c2cc(F)cc(OCc3ccc4c(Br)cc(Br)nc4c3)c2)CCOCC1. The highest BCUT2D eigenvalue weighted by atomic mass is 79.9. The molecule has 1 aliphatic heterocycles. The zero-order chi connectivity index (χ0) is 22.0. The number of esters is 1. The van der Waals surface area contributed by atoms with Gasteiger partial charge in [-0.1, -0.05) is 12.1 Å². The van der Waals surface area contributed by atoms with Crippen molar-refractivity contribution >= 4 is 48.7 Å². The molecule has 0 saturated carbocycles. The molecular weight excluding hydrogens is 533 g/mol. The highest BCUT2D eigenvalue weighted by molar-refractivity contribution is 9.11. The summed E-state index contributed by atoms with van der Waals surface area (Å²) in [6, 6.07) is 12.1. The molecule has 0 N–H and O–H groups in total. The largest absolute Gasteiger partial charge is 0.489 e. The van der Waals surface area contributed by atoms with Crippen LogP contribution >= 0.6 is 31.9 Å². The van der Waals surface area contributed by atoms with Gasteiger partial charge in [0.05, 0.1) is 18.0 Å². The van der Waals surface area contributed by atoms with Crippen molar-refractivity contribution in [2.45, 2.75) is 24.9 Å². The molecule has 1 aliphatic rings. The van der Waals surface area contributed by atoms with Crippen LogP contribution in [0.1, 0.15) is 24.0 Å². The lowest BCUT2D eigenvalue weighted by Crippen LogP contribution is -2.42. The molecule has 162 valence electrons. The van der Waals surface area contributed by atoms with Crippen LogP contribution in [0.5, 0.6) is 5.75 Å². The van der Waals surface area contributed by atoms with Crippen LogP contribution < -0.4 is 4.74 Å². The number of methoxy groups -OCH3 is 1. The lowest BCUT2D eigenvalue weighted by Gasteiger charge is -2.35. The Morgan fingerprint density at radius 1 is 1.16 bits per heavy atom. The van der Waals surface area contributed by atoms with E-state index in [0.717, 1.165) is 25.5 Å². The van der Waals surface area contributed by atoms with Gasteiger partial charge in [-0.2, -0.15) is 0 Å². The molecule has 2 aromatic carbocycles. The molecule has 1 saturated heterocycles. The lowest BCUT2D eigenvalue weighted by atomic mass is 9.74. The summed E-state index contributed by atoms with van der Waals surface area (Å²) in [6.07, 6.45) is 0.866. The minimum absolute atomic E-state index is 0.235. The van der Waals surface area contributed by atoms with E-state index in [1.54, 1.807) is 6.07 Å². The topological polar surface area (TPSA) is 57.7 Å². The number of aromatic nitrogens is 1. The molecule has 0 aliphatic carbocycles. The first kappa shape index (κ1) is 22.2. The first-order chi connectivity index (χ1) is 14.9. The number of halogens is 3. The Kier molecular flexibility index (Phi) is 6.60. The second kappa shape index (κ2) is 9.22. The summed E-state index contributed by atoms with van der Waals surface area (Å²) in [5.74, 6) is -0.493. The first-order valence-electron chi connectivity index (χ1n) is 9.76. The molecule has 0 radical (unpaired) electrons. The van der Waals surface area contributed by atoms with Crippen molar-refractivity contribution in [1.82, 2.24) is 4.98 Å². The third kappa shape index (κ3) is 4.61. The Bertz CT molecular complexity index is 1130. The van der Waals surface area contributed by atoms with Crippen LogP contribution in [0.3, 0.4) is 0 Å². The fraction of sp³-hybridized carbons (Fsp3) is 0.304. The van der Waals surface area contributed by atoms with E-state index in [9.17, 15) is 9.18 Å². The number of ether oxygens (including phenoxy) is 3. The number of carbonyl (C=O) groups excluding carboxylic acids is 1. The molecule has 8 heteroatoms. The third-order valence-electron chi connectivity index (χ3n) is 5.54. The van der Waals surface area contributed by atoms with Crippen LogP contribution in [0.15, 0.2) is 51.5 Å². The van der Waals surface area contributed by atoms with Gasteiger partial charge < -0.3 is 14.2 Å². The maximum Gasteiger partial charge on any atom is 0.316 e. The molecule has 0 amide bonds. The van der Waals surface area contributed by atoms with Crippen LogP contribution in [-0.2, 0) is 26.3 Å². The fourth-order valence-corrected chi connectivity index (χ4v) is 5.19. The molecule has 0 bridgehead atoms. The first-order valence-corrected chi connectivity index (χ1v) is 11.3. The Morgan fingerprint density at radius 2 is 1.94 bits per heavy atom. The maximum atomic E-state index is 14.5. The van der Waals surface area contributed by atoms with Gasteiger partial charge in [-0.15, -0.1) is 0 Å². The van der Waals surface area contributed by atoms with E-state index < -0.39 is 11.2 Å². The standard InChI is InChI=1S/C23H20Br2FNO4/c1-29-22(28)23(4-6-30-7-5-23)15-9-16(26)11-17(10-15)31-13-14-2-3-18-19(24)12-21(25)27-20(18)8-14/h2-3,8-12H,4-7,13H2,1H3. The van der Waals surface area contributed by atoms with E-state index in [1.807, 2.05) is 24.3 Å². The molecule has 31 heavy (non-hydrogen) atoms. The van der Waals surface area contributed by atoms with Gasteiger partial charge in [-0.3, -0.25) is 4.79 Å². The van der Waals surface area contributed by atoms with Crippen LogP contribution in [0.4, 0.5) is 4.39 Å². The van der Waals surface area contributed by atoms with E-state index in [4.69, 9.17) is 14.2 Å². The number of pyridine rings is 1. The average molecular weight is 553 g/mol. The number of fused-ring (bicyclic) bond motifs is 1. The zero-order valence-electron chi connectivity index (χ0n) is 16.8. The highest BCUT2D eigenvalue weighted by Crippen LogP contribution is 2.38. The van der Waals surface area contributed by atoms with Gasteiger partial charge in [0.25, 0.3) is 0 Å². The van der Waals surface area contributed by atoms with E-state index in [1.165, 1.54) is 19.2 Å². The van der Waals surface area contributed by atoms with E-state index in [2.05, 4.69) is 36.8 Å². The maximum absolute atomic E-state index is 14.5. The highest BCUT2D eigenvalue weighted by Gasteiger charge is 2.43. The molecule has 4 rings (SSSR count). The van der Waals surface area contributed by atoms with Crippen molar-refractivity contribution in [2.24, 2.45) is 0 Å². The van der Waals surface area contributed by atoms with Crippen LogP contribution in [0.25, 0.3) is 10.9 Å². The Hall–Kier alpha value is -2.03. The fourth-order valence-electron chi connectivity index (χ4n) is 3.91. The van der Waals surface area contributed by atoms with Crippen molar-refractivity contribution in [2.75, 3.05) is 20.3 Å². The monoisotopic (exact) mass is 551 g/mol. The number of benzene rings is 2. The van der Waals surface area contributed by atoms with Gasteiger partial charge in [0.15, 0.2) is 0 Å². The average Bonchev–Trinajstić information content (AvgIpc) is 2.76. The van der Waals surface area contributed by atoms with Gasteiger partial charge in [0, 0.05) is 29.1 Å². The number of hydrogen-bond donors (Lipinski definition) is 0. The summed E-state index contributed by atoms with van der Waals surface area (Å²) >= 11 is 6.93. The van der Waals surface area contributed by atoms with Gasteiger partial charge in [0.1, 0.15) is 22.8 Å². The molecule has 0 unspecified atom stereocenters. The minimum Gasteiger partial charge on any atom is -0.489 e. The normalized spacial score (nSPS) is 15.6. The second-order valence-electron chi connectivity index (χ2n) is 7.43. The van der Waals surface area contributed by atoms with Gasteiger partial charge in [-0.25, -0.2) is 9.37 Å². The molecule has 1 fully saturated rings. The van der Waals surface area contributed by atoms with Gasteiger partial charge in [-0.05, 0) is 80.1 Å². The smallest absolute Gasteiger partial charge is 0.316 e. The number of carbonyl (C=O) groups is 1. The summed E-state index contributed by atoms with van der Waals surface area (Å²) < 4.78 is 32.5. The van der Waals surface area contributed by atoms with Crippen molar-refractivity contribution in [3.8, 4) is 5.75 Å².